The molecule has 4 rings (SSSR count). The second kappa shape index (κ2) is 7.43. The Hall–Kier alpha value is -4.20. The highest BCUT2D eigenvalue weighted by Gasteiger charge is 2.32. The predicted molar refractivity (Wildman–Crippen MR) is 108 cm³/mol. The molecular weight excluding hydrogens is 372 g/mol. The van der Waals surface area contributed by atoms with Crippen molar-refractivity contribution < 1.29 is 14.8 Å². The summed E-state index contributed by atoms with van der Waals surface area (Å²) in [6.45, 7) is 0. The Morgan fingerprint density at radius 1 is 1.03 bits per heavy atom. The minimum Gasteiger partial charge on any atom is -0.508 e. The highest BCUT2D eigenvalue weighted by Crippen LogP contribution is 2.33. The van der Waals surface area contributed by atoms with Gasteiger partial charge in [-0.05, 0) is 47.5 Å². The van der Waals surface area contributed by atoms with Gasteiger partial charge in [-0.3, -0.25) is 14.9 Å². The second-order valence-electron chi connectivity index (χ2n) is 6.43. The molecule has 0 radical (unpaired) electrons. The third-order valence-electron chi connectivity index (χ3n) is 4.55. The Kier molecular flexibility index (Phi) is 4.66. The molecule has 1 aliphatic heterocycles. The lowest BCUT2D eigenvalue weighted by Crippen LogP contribution is -2.39. The standard InChI is InChI=1S/C21H16N4O4/c26-17-11-7-15(8-12-17)20-23-19-4-2-1-3-18(19)21(27)24(20)22-13-14-5-9-16(10-6-14)25(28)29/h1-13,20,23,26H/b22-13+. The summed E-state index contributed by atoms with van der Waals surface area (Å²) >= 11 is 0. The maximum Gasteiger partial charge on any atom is 0.278 e. The quantitative estimate of drug-likeness (QED) is 0.400. The summed E-state index contributed by atoms with van der Waals surface area (Å²) in [4.78, 5) is 23.4. The number of aromatic hydroxyl groups is 1. The van der Waals surface area contributed by atoms with Crippen LogP contribution in [0.25, 0.3) is 0 Å². The Morgan fingerprint density at radius 2 is 1.72 bits per heavy atom. The molecule has 0 aliphatic carbocycles. The van der Waals surface area contributed by atoms with E-state index in [1.807, 2.05) is 12.1 Å². The lowest BCUT2D eigenvalue weighted by molar-refractivity contribution is -0.384. The fourth-order valence-corrected chi connectivity index (χ4v) is 3.06. The average molecular weight is 388 g/mol. The van der Waals surface area contributed by atoms with Gasteiger partial charge in [0, 0.05) is 17.8 Å². The molecule has 1 unspecified atom stereocenters. The molecule has 0 saturated heterocycles. The number of rotatable bonds is 4. The zero-order valence-corrected chi connectivity index (χ0v) is 15.1. The van der Waals surface area contributed by atoms with E-state index in [2.05, 4.69) is 10.4 Å². The summed E-state index contributed by atoms with van der Waals surface area (Å²) in [6.07, 6.45) is 0.900. The van der Waals surface area contributed by atoms with Gasteiger partial charge < -0.3 is 10.4 Å². The molecule has 2 N–H and O–H groups in total. The molecule has 144 valence electrons. The maximum absolute atomic E-state index is 13.1. The van der Waals surface area contributed by atoms with Crippen molar-refractivity contribution in [3.63, 3.8) is 0 Å². The number of phenols is 1. The van der Waals surface area contributed by atoms with Crippen molar-refractivity contribution in [1.29, 1.82) is 0 Å². The number of carbonyl (C=O) groups excluding carboxylic acids is 1. The number of hydrogen-bond donors (Lipinski definition) is 2. The summed E-state index contributed by atoms with van der Waals surface area (Å²) in [5, 5.41) is 29.3. The molecule has 1 atom stereocenters. The topological polar surface area (TPSA) is 108 Å². The van der Waals surface area contributed by atoms with E-state index in [-0.39, 0.29) is 17.3 Å². The number of nitrogens with one attached hydrogen (secondary N) is 1. The van der Waals surface area contributed by atoms with Crippen LogP contribution < -0.4 is 5.32 Å². The maximum atomic E-state index is 13.1. The summed E-state index contributed by atoms with van der Waals surface area (Å²) in [5.41, 5.74) is 2.52. The van der Waals surface area contributed by atoms with Crippen LogP contribution in [-0.4, -0.2) is 27.2 Å². The molecule has 29 heavy (non-hydrogen) atoms. The number of nitro benzene ring substituents is 1. The van der Waals surface area contributed by atoms with Gasteiger partial charge in [-0.15, -0.1) is 0 Å². The predicted octanol–water partition coefficient (Wildman–Crippen LogP) is 3.90. The number of phenolic OH excluding ortho intramolecular Hbond substituents is 1. The van der Waals surface area contributed by atoms with Crippen molar-refractivity contribution in [3.8, 4) is 5.75 Å². The van der Waals surface area contributed by atoms with E-state index < -0.39 is 11.1 Å². The Labute approximate surface area is 165 Å². The minimum atomic E-state index is -0.577. The summed E-state index contributed by atoms with van der Waals surface area (Å²) < 4.78 is 0. The summed E-state index contributed by atoms with van der Waals surface area (Å²) in [5.74, 6) is -0.159. The molecule has 0 aromatic heterocycles. The van der Waals surface area contributed by atoms with E-state index in [9.17, 15) is 20.0 Å². The molecule has 1 aliphatic rings. The first-order valence-corrected chi connectivity index (χ1v) is 8.79. The number of nitro groups is 1. The van der Waals surface area contributed by atoms with Crippen LogP contribution in [0.3, 0.4) is 0 Å². The first kappa shape index (κ1) is 18.2. The van der Waals surface area contributed by atoms with Crippen molar-refractivity contribution in [2.45, 2.75) is 6.17 Å². The molecule has 0 bridgehead atoms. The van der Waals surface area contributed by atoms with Gasteiger partial charge in [0.05, 0.1) is 16.7 Å². The largest absolute Gasteiger partial charge is 0.508 e. The number of fused-ring (bicyclic) bond motifs is 1. The number of para-hydroxylation sites is 1. The number of carbonyl (C=O) groups is 1. The number of nitrogens with zero attached hydrogens (tertiary/aromatic N) is 3. The third-order valence-corrected chi connectivity index (χ3v) is 4.55. The van der Waals surface area contributed by atoms with Crippen molar-refractivity contribution in [2.75, 3.05) is 5.32 Å². The van der Waals surface area contributed by atoms with Crippen LogP contribution in [0, 0.1) is 10.1 Å². The zero-order valence-electron chi connectivity index (χ0n) is 15.1. The second-order valence-corrected chi connectivity index (χ2v) is 6.43. The number of hydrogen-bond acceptors (Lipinski definition) is 6. The van der Waals surface area contributed by atoms with Crippen LogP contribution in [0.4, 0.5) is 11.4 Å². The van der Waals surface area contributed by atoms with Crippen LogP contribution >= 0.6 is 0 Å². The van der Waals surface area contributed by atoms with E-state index >= 15 is 0 Å². The molecule has 0 fully saturated rings. The van der Waals surface area contributed by atoms with Gasteiger partial charge in [0.1, 0.15) is 5.75 Å². The first-order valence-electron chi connectivity index (χ1n) is 8.79. The van der Waals surface area contributed by atoms with Gasteiger partial charge in [-0.2, -0.15) is 5.10 Å². The SMILES string of the molecule is O=C1c2ccccc2NC(c2ccc(O)cc2)N1/N=C/c1ccc([N+](=O)[O-])cc1. The van der Waals surface area contributed by atoms with E-state index in [4.69, 9.17) is 0 Å². The molecule has 1 heterocycles. The van der Waals surface area contributed by atoms with E-state index in [1.54, 1.807) is 48.5 Å². The Bertz CT molecular complexity index is 1090. The van der Waals surface area contributed by atoms with Crippen molar-refractivity contribution in [2.24, 2.45) is 5.10 Å². The minimum absolute atomic E-state index is 0.0197. The number of non-ortho nitro benzene ring substituents is 1. The van der Waals surface area contributed by atoms with Gasteiger partial charge in [-0.25, -0.2) is 5.01 Å². The molecule has 3 aromatic carbocycles. The number of benzene rings is 3. The van der Waals surface area contributed by atoms with Crippen LogP contribution in [0.2, 0.25) is 0 Å². The average Bonchev–Trinajstić information content (AvgIpc) is 2.74. The number of hydrazone groups is 1. The van der Waals surface area contributed by atoms with E-state index in [0.717, 1.165) is 5.56 Å². The first-order chi connectivity index (χ1) is 14.0. The van der Waals surface area contributed by atoms with Gasteiger partial charge in [0.2, 0.25) is 0 Å². The zero-order chi connectivity index (χ0) is 20.4. The lowest BCUT2D eigenvalue weighted by Gasteiger charge is -2.34. The fraction of sp³-hybridized carbons (Fsp3) is 0.0476. The number of anilines is 1. The Morgan fingerprint density at radius 3 is 2.41 bits per heavy atom. The van der Waals surface area contributed by atoms with Crippen molar-refractivity contribution >= 4 is 23.5 Å². The van der Waals surface area contributed by atoms with Crippen molar-refractivity contribution in [3.05, 3.63) is 99.6 Å². The van der Waals surface area contributed by atoms with Crippen LogP contribution in [0.5, 0.6) is 5.75 Å². The van der Waals surface area contributed by atoms with Crippen LogP contribution in [-0.2, 0) is 0 Å². The van der Waals surface area contributed by atoms with Crippen LogP contribution in [0.1, 0.15) is 27.7 Å². The summed E-state index contributed by atoms with van der Waals surface area (Å²) in [7, 11) is 0. The van der Waals surface area contributed by atoms with Gasteiger partial charge >= 0.3 is 0 Å². The highest BCUT2D eigenvalue weighted by atomic mass is 16.6. The molecule has 8 nitrogen and oxygen atoms in total. The normalized spacial score (nSPS) is 15.8. The summed E-state index contributed by atoms with van der Waals surface area (Å²) in [6, 6.07) is 19.5. The molecule has 0 saturated carbocycles. The molecular formula is C21H16N4O4. The van der Waals surface area contributed by atoms with E-state index in [1.165, 1.54) is 23.4 Å². The fourth-order valence-electron chi connectivity index (χ4n) is 3.06. The molecule has 3 aromatic rings. The highest BCUT2D eigenvalue weighted by molar-refractivity contribution is 6.02. The molecule has 8 heteroatoms. The van der Waals surface area contributed by atoms with Gasteiger partial charge in [-0.1, -0.05) is 24.3 Å². The van der Waals surface area contributed by atoms with E-state index in [0.29, 0.717) is 16.8 Å². The monoisotopic (exact) mass is 388 g/mol. The third kappa shape index (κ3) is 3.63. The smallest absolute Gasteiger partial charge is 0.278 e. The van der Waals surface area contributed by atoms with Gasteiger partial charge in [0.15, 0.2) is 6.17 Å². The lowest BCUT2D eigenvalue weighted by atomic mass is 10.0. The molecule has 0 spiro atoms. The Balaban J connectivity index is 1.69. The van der Waals surface area contributed by atoms with Gasteiger partial charge in [0.25, 0.3) is 11.6 Å². The van der Waals surface area contributed by atoms with Crippen molar-refractivity contribution in [1.82, 2.24) is 5.01 Å². The van der Waals surface area contributed by atoms with Crippen LogP contribution in [0.15, 0.2) is 77.9 Å². The molecule has 1 amide bonds. The number of amides is 1.